The molecule has 9 atom stereocenters. The molecule has 94 heavy (non-hydrogen) atoms. The average molecular weight is 1410 g/mol. The van der Waals surface area contributed by atoms with Crippen molar-refractivity contribution in [1.29, 1.82) is 0 Å². The summed E-state index contributed by atoms with van der Waals surface area (Å²) in [6, 6.07) is 26.6. The SMILES string of the molecule is CC(C)OP(=O)(OC(C)C)[C@@H]1C[C@H](O[Si](C)(C)C(C)(C)C)[C@@H](COC(=O)c2ccccc2)O1.CC(C)OP(=O)(OC(C)C)[C@H]1C[C@H](O[Si](C)(C)C(C)(C)C)[C@@H](COC(=O)c2ccccc2)O1.COCCOC1C[C@H](O[Si](C)(C)C(C)(C)C)[C@@H](COC(=O)c2ccccc2)O1. The van der Waals surface area contributed by atoms with Crippen LogP contribution in [0.1, 0.15) is 168 Å². The van der Waals surface area contributed by atoms with Crippen LogP contribution < -0.4 is 0 Å². The number of rotatable bonds is 29. The second-order valence-electron chi connectivity index (χ2n) is 29.8. The van der Waals surface area contributed by atoms with E-state index < -0.39 is 76.0 Å². The van der Waals surface area contributed by atoms with E-state index >= 15 is 0 Å². The van der Waals surface area contributed by atoms with Crippen molar-refractivity contribution in [3.8, 4) is 0 Å². The van der Waals surface area contributed by atoms with Gasteiger partial charge in [0, 0.05) is 26.4 Å². The molecule has 0 amide bonds. The first-order valence-corrected chi connectivity index (χ1v) is 45.1. The minimum atomic E-state index is -3.59. The maximum atomic E-state index is 13.7. The van der Waals surface area contributed by atoms with Gasteiger partial charge in [0.05, 0.1) is 72.6 Å². The molecule has 3 fully saturated rings. The summed E-state index contributed by atoms with van der Waals surface area (Å²) in [5.74, 6) is -2.82. The fraction of sp³-hybridized carbons (Fsp3) is 0.696. The van der Waals surface area contributed by atoms with Crippen LogP contribution in [0.4, 0.5) is 0 Å². The number of carbonyl (C=O) groups excluding carboxylic acids is 3. The molecule has 6 rings (SSSR count). The van der Waals surface area contributed by atoms with Gasteiger partial charge < -0.3 is 69.3 Å². The first-order chi connectivity index (χ1) is 43.4. The summed E-state index contributed by atoms with van der Waals surface area (Å²) in [7, 11) is -11.9. The van der Waals surface area contributed by atoms with Gasteiger partial charge in [-0.1, -0.05) is 117 Å². The van der Waals surface area contributed by atoms with E-state index in [-0.39, 0.29) is 96.0 Å². The molecule has 0 bridgehead atoms. The number of benzene rings is 3. The molecule has 0 saturated carbocycles. The molecule has 3 aliphatic heterocycles. The van der Waals surface area contributed by atoms with Crippen LogP contribution in [0.2, 0.25) is 54.4 Å². The summed E-state index contributed by atoms with van der Waals surface area (Å²) < 4.78 is 116. The molecule has 20 nitrogen and oxygen atoms in total. The Bertz CT molecular complexity index is 2690. The number of carbonyl (C=O) groups is 3. The van der Waals surface area contributed by atoms with Crippen LogP contribution in [0.5, 0.6) is 0 Å². The molecule has 3 heterocycles. The van der Waals surface area contributed by atoms with Crippen molar-refractivity contribution in [2.45, 2.75) is 270 Å². The lowest BCUT2D eigenvalue weighted by molar-refractivity contribution is -0.149. The monoisotopic (exact) mass is 1410 g/mol. The quantitative estimate of drug-likeness (QED) is 0.0207. The van der Waals surface area contributed by atoms with E-state index in [4.69, 9.17) is 69.3 Å². The Labute approximate surface area is 566 Å². The van der Waals surface area contributed by atoms with Crippen LogP contribution >= 0.6 is 15.2 Å². The van der Waals surface area contributed by atoms with Crippen LogP contribution in [-0.2, 0) is 78.4 Å². The normalized spacial score (nSPS) is 22.4. The van der Waals surface area contributed by atoms with Crippen molar-refractivity contribution in [2.75, 3.05) is 40.1 Å². The van der Waals surface area contributed by atoms with Gasteiger partial charge in [-0.3, -0.25) is 9.13 Å². The molecule has 3 aromatic rings. The van der Waals surface area contributed by atoms with Gasteiger partial charge in [0.15, 0.2) is 42.9 Å². The lowest BCUT2D eigenvalue weighted by atomic mass is 10.2. The Kier molecular flexibility index (Phi) is 32.0. The molecule has 534 valence electrons. The number of ether oxygens (including phenoxy) is 8. The fourth-order valence-corrected chi connectivity index (χ4v) is 17.9. The molecule has 3 aromatic carbocycles. The van der Waals surface area contributed by atoms with Gasteiger partial charge in [0.1, 0.15) is 38.1 Å². The van der Waals surface area contributed by atoms with Crippen LogP contribution in [0.3, 0.4) is 0 Å². The van der Waals surface area contributed by atoms with E-state index in [1.807, 2.05) is 85.7 Å². The van der Waals surface area contributed by atoms with E-state index in [2.05, 4.69) is 102 Å². The third kappa shape index (κ3) is 25.8. The summed E-state index contributed by atoms with van der Waals surface area (Å²) in [6.07, 6.45) is -2.72. The summed E-state index contributed by atoms with van der Waals surface area (Å²) >= 11 is 0. The Morgan fingerprint density at radius 2 is 0.702 bits per heavy atom. The zero-order valence-electron chi connectivity index (χ0n) is 60.9. The molecule has 0 aliphatic carbocycles. The van der Waals surface area contributed by atoms with E-state index in [0.717, 1.165) is 0 Å². The lowest BCUT2D eigenvalue weighted by Gasteiger charge is -2.39. The van der Waals surface area contributed by atoms with Gasteiger partial charge in [0.25, 0.3) is 0 Å². The zero-order valence-corrected chi connectivity index (χ0v) is 65.7. The first kappa shape index (κ1) is 83.1. The Morgan fingerprint density at radius 3 is 0.957 bits per heavy atom. The van der Waals surface area contributed by atoms with E-state index in [0.29, 0.717) is 49.2 Å². The Morgan fingerprint density at radius 1 is 0.436 bits per heavy atom. The zero-order chi connectivity index (χ0) is 70.8. The first-order valence-electron chi connectivity index (χ1n) is 33.1. The highest BCUT2D eigenvalue weighted by atomic mass is 31.2. The van der Waals surface area contributed by atoms with Crippen LogP contribution in [0, 0.1) is 0 Å². The smallest absolute Gasteiger partial charge is 0.359 e. The van der Waals surface area contributed by atoms with Gasteiger partial charge in [-0.15, -0.1) is 0 Å². The third-order valence-corrected chi connectivity index (χ3v) is 35.6. The van der Waals surface area contributed by atoms with Gasteiger partial charge in [0.2, 0.25) is 0 Å². The van der Waals surface area contributed by atoms with Gasteiger partial charge in [-0.2, -0.15) is 0 Å². The van der Waals surface area contributed by atoms with Crippen LogP contribution in [0.25, 0.3) is 0 Å². The maximum absolute atomic E-state index is 13.7. The molecule has 3 aliphatic rings. The summed E-state index contributed by atoms with van der Waals surface area (Å²) in [5, 5.41) is 0.0269. The molecule has 0 spiro atoms. The molecule has 25 heteroatoms. The van der Waals surface area contributed by atoms with E-state index in [1.165, 1.54) is 0 Å². The summed E-state index contributed by atoms with van der Waals surface area (Å²) in [5.41, 5.74) is 1.45. The standard InChI is InChI=1S/2C24H41O7PSi.C21H34O6Si/c2*1-17(2)29-32(26,30-18(3)4)22-15-20(31-33(8,9)24(5,6)7)21(28-22)16-27-23(25)19-13-11-10-12-14-19;1-21(2,3)28(5,6)27-17-14-19(24-13-12-23-4)26-18(17)15-25-20(22)16-10-8-7-9-11-16/h2*10-14,17-18,20-22H,15-16H2,1-9H3;7-11,17-19H,12-15H2,1-6H3/t20-,21+,22+;20-,21+,22-;17-,18+,19?/m000/s1. The Balaban J connectivity index is 0.000000302. The van der Waals surface area contributed by atoms with Gasteiger partial charge in [-0.25, -0.2) is 14.4 Å². The third-order valence-electron chi connectivity index (χ3n) is 17.2. The second kappa shape index (κ2) is 36.2. The number of methoxy groups -OCH3 is 1. The van der Waals surface area contributed by atoms with Crippen molar-refractivity contribution >= 4 is 58.1 Å². The minimum Gasteiger partial charge on any atom is -0.459 e. The van der Waals surface area contributed by atoms with Crippen molar-refractivity contribution in [2.24, 2.45) is 0 Å². The second-order valence-corrected chi connectivity index (χ2v) is 48.2. The van der Waals surface area contributed by atoms with Crippen molar-refractivity contribution < 1.29 is 92.8 Å². The van der Waals surface area contributed by atoms with Gasteiger partial charge in [-0.05, 0) is 146 Å². The minimum absolute atomic E-state index is 0.00707. The van der Waals surface area contributed by atoms with Crippen LogP contribution in [0.15, 0.2) is 91.0 Å². The Hall–Kier alpha value is -3.30. The highest BCUT2D eigenvalue weighted by Crippen LogP contribution is 2.61. The predicted octanol–water partition coefficient (Wildman–Crippen LogP) is 16.8. The molecule has 0 aromatic heterocycles. The summed E-state index contributed by atoms with van der Waals surface area (Å²) in [6.45, 7) is 48.2. The lowest BCUT2D eigenvalue weighted by Crippen LogP contribution is -2.46. The molecule has 0 N–H and O–H groups in total. The number of hydrogen-bond donors (Lipinski definition) is 0. The maximum Gasteiger partial charge on any atom is 0.359 e. The van der Waals surface area contributed by atoms with Gasteiger partial charge >= 0.3 is 33.1 Å². The molecule has 0 radical (unpaired) electrons. The fourth-order valence-electron chi connectivity index (χ4n) is 9.27. The molecule has 1 unspecified atom stereocenters. The number of esters is 3. The van der Waals surface area contributed by atoms with Crippen molar-refractivity contribution in [3.63, 3.8) is 0 Å². The molecule has 3 saturated heterocycles. The van der Waals surface area contributed by atoms with Crippen LogP contribution in [-0.4, -0.2) is 162 Å². The van der Waals surface area contributed by atoms with E-state index in [9.17, 15) is 23.5 Å². The summed E-state index contributed by atoms with van der Waals surface area (Å²) in [4.78, 5) is 37.3. The highest BCUT2D eigenvalue weighted by molar-refractivity contribution is 7.54. The van der Waals surface area contributed by atoms with E-state index in [1.54, 1.807) is 67.8 Å². The molecular weight excluding hydrogens is 1290 g/mol. The van der Waals surface area contributed by atoms with Crippen molar-refractivity contribution in [1.82, 2.24) is 0 Å². The topological polar surface area (TPSA) is 224 Å². The largest absolute Gasteiger partial charge is 0.459 e. The molecular formula is C69H116O20P2Si3. The number of hydrogen-bond acceptors (Lipinski definition) is 20. The van der Waals surface area contributed by atoms with Crippen molar-refractivity contribution in [3.05, 3.63) is 108 Å². The predicted molar refractivity (Wildman–Crippen MR) is 374 cm³/mol. The highest BCUT2D eigenvalue weighted by Gasteiger charge is 2.54. The average Bonchev–Trinajstić information content (AvgIpc) is 1.63.